The summed E-state index contributed by atoms with van der Waals surface area (Å²) >= 11 is 0. The Morgan fingerprint density at radius 3 is 2.44 bits per heavy atom. The second-order valence-electron chi connectivity index (χ2n) is 6.14. The van der Waals surface area contributed by atoms with Crippen molar-refractivity contribution in [1.29, 1.82) is 0 Å². The van der Waals surface area contributed by atoms with Gasteiger partial charge >= 0.3 is 0 Å². The van der Waals surface area contributed by atoms with E-state index in [-0.39, 0.29) is 36.4 Å². The molecule has 8 heteroatoms. The van der Waals surface area contributed by atoms with Gasteiger partial charge in [0, 0.05) is 38.4 Å². The fourth-order valence-electron chi connectivity index (χ4n) is 2.68. The molecule has 0 aliphatic heterocycles. The van der Waals surface area contributed by atoms with E-state index in [0.717, 1.165) is 23.4 Å². The van der Waals surface area contributed by atoms with Crippen molar-refractivity contribution in [2.45, 2.75) is 26.8 Å². The van der Waals surface area contributed by atoms with E-state index in [1.165, 1.54) is 5.56 Å². The number of aromatic nitrogens is 2. The van der Waals surface area contributed by atoms with E-state index >= 15 is 0 Å². The molecule has 1 heterocycles. The summed E-state index contributed by atoms with van der Waals surface area (Å²) in [4.78, 5) is 16.1. The van der Waals surface area contributed by atoms with Gasteiger partial charge in [-0.25, -0.2) is 0 Å². The molecule has 0 radical (unpaired) electrons. The molecule has 1 aromatic carbocycles. The monoisotopic (exact) mass is 484 g/mol. The van der Waals surface area contributed by atoms with Crippen LogP contribution in [0, 0.1) is 13.8 Å². The smallest absolute Gasteiger partial charge is 0.239 e. The first-order chi connectivity index (χ1) is 12.5. The van der Waals surface area contributed by atoms with Crippen LogP contribution >= 0.6 is 24.0 Å². The first-order valence-corrected chi connectivity index (χ1v) is 8.75. The van der Waals surface area contributed by atoms with E-state index in [4.69, 9.17) is 0 Å². The number of nitrogens with zero attached hydrogens (tertiary/aromatic N) is 3. The van der Waals surface area contributed by atoms with Crippen molar-refractivity contribution in [3.63, 3.8) is 0 Å². The number of carbonyl (C=O) groups excluding carboxylic acids is 1. The number of aliphatic imine (C=N–C) groups is 1. The van der Waals surface area contributed by atoms with Gasteiger partial charge in [0.05, 0.1) is 12.2 Å². The maximum absolute atomic E-state index is 12.0. The first-order valence-electron chi connectivity index (χ1n) is 8.75. The third-order valence-electron chi connectivity index (χ3n) is 4.31. The molecule has 2 rings (SSSR count). The van der Waals surface area contributed by atoms with Crippen molar-refractivity contribution in [3.05, 3.63) is 52.8 Å². The van der Waals surface area contributed by atoms with E-state index in [9.17, 15) is 4.79 Å². The molecule has 1 amide bonds. The van der Waals surface area contributed by atoms with Gasteiger partial charge in [0.25, 0.3) is 0 Å². The molecule has 7 nitrogen and oxygen atoms in total. The summed E-state index contributed by atoms with van der Waals surface area (Å²) in [6.45, 7) is 5.43. The highest BCUT2D eigenvalue weighted by Crippen LogP contribution is 2.10. The van der Waals surface area contributed by atoms with E-state index < -0.39 is 0 Å². The largest absolute Gasteiger partial charge is 0.354 e. The molecular formula is C19H29IN6O. The molecule has 0 spiro atoms. The number of rotatable bonds is 7. The maximum Gasteiger partial charge on any atom is 0.239 e. The number of halogens is 1. The quantitative estimate of drug-likeness (QED) is 0.317. The highest BCUT2D eigenvalue weighted by atomic mass is 127. The number of guanidine groups is 1. The molecule has 0 atom stereocenters. The van der Waals surface area contributed by atoms with Gasteiger partial charge in [0.2, 0.25) is 5.91 Å². The average molecular weight is 484 g/mol. The van der Waals surface area contributed by atoms with Crippen LogP contribution in [-0.2, 0) is 24.8 Å². The van der Waals surface area contributed by atoms with E-state index in [1.807, 2.05) is 43.8 Å². The SMILES string of the molecule is CN=C(NCC(=O)NCCc1ccccc1)NCc1c(C)nn(C)c1C.I. The number of nitrogens with one attached hydrogen (secondary N) is 3. The number of hydrogen-bond acceptors (Lipinski definition) is 3. The predicted octanol–water partition coefficient (Wildman–Crippen LogP) is 1.68. The lowest BCUT2D eigenvalue weighted by Crippen LogP contribution is -2.43. The molecule has 148 valence electrons. The Morgan fingerprint density at radius 1 is 1.15 bits per heavy atom. The molecule has 2 aromatic rings. The molecule has 27 heavy (non-hydrogen) atoms. The molecule has 0 aliphatic carbocycles. The van der Waals surface area contributed by atoms with E-state index in [1.54, 1.807) is 7.05 Å². The number of carbonyl (C=O) groups is 1. The van der Waals surface area contributed by atoms with Crippen LogP contribution in [0.25, 0.3) is 0 Å². The maximum atomic E-state index is 12.0. The number of aryl methyl sites for hydroxylation is 2. The fraction of sp³-hybridized carbons (Fsp3) is 0.421. The van der Waals surface area contributed by atoms with Crippen molar-refractivity contribution >= 4 is 35.8 Å². The fourth-order valence-corrected chi connectivity index (χ4v) is 2.68. The average Bonchev–Trinajstić information content (AvgIpc) is 2.88. The molecule has 0 unspecified atom stereocenters. The summed E-state index contributed by atoms with van der Waals surface area (Å²) in [6, 6.07) is 10.1. The summed E-state index contributed by atoms with van der Waals surface area (Å²) in [6.07, 6.45) is 0.819. The summed E-state index contributed by atoms with van der Waals surface area (Å²) in [5, 5.41) is 13.6. The Hall–Kier alpha value is -2.10. The van der Waals surface area contributed by atoms with Crippen LogP contribution in [0.2, 0.25) is 0 Å². The number of amides is 1. The lowest BCUT2D eigenvalue weighted by Gasteiger charge is -2.12. The van der Waals surface area contributed by atoms with Crippen molar-refractivity contribution in [1.82, 2.24) is 25.7 Å². The molecule has 0 saturated carbocycles. The standard InChI is InChI=1S/C19H28N6O.HI/c1-14-17(15(2)25(4)24-14)12-22-19(20-3)23-13-18(26)21-11-10-16-8-6-5-7-9-16;/h5-9H,10-13H2,1-4H3,(H,21,26)(H2,20,22,23);1H. The minimum Gasteiger partial charge on any atom is -0.354 e. The predicted molar refractivity (Wildman–Crippen MR) is 119 cm³/mol. The van der Waals surface area contributed by atoms with E-state index in [2.05, 4.69) is 38.2 Å². The molecule has 3 N–H and O–H groups in total. The first kappa shape index (κ1) is 22.9. The zero-order valence-electron chi connectivity index (χ0n) is 16.4. The Morgan fingerprint density at radius 2 is 1.85 bits per heavy atom. The minimum absolute atomic E-state index is 0. The van der Waals surface area contributed by atoms with Gasteiger partial charge < -0.3 is 16.0 Å². The summed E-state index contributed by atoms with van der Waals surface area (Å²) in [5.41, 5.74) is 4.46. The van der Waals surface area contributed by atoms with Crippen molar-refractivity contribution < 1.29 is 4.79 Å². The summed E-state index contributed by atoms with van der Waals surface area (Å²) in [7, 11) is 3.62. The van der Waals surface area contributed by atoms with Gasteiger partial charge in [0.15, 0.2) is 5.96 Å². The van der Waals surface area contributed by atoms with Crippen molar-refractivity contribution in [2.24, 2.45) is 12.0 Å². The second-order valence-corrected chi connectivity index (χ2v) is 6.14. The van der Waals surface area contributed by atoms with Gasteiger partial charge in [-0.15, -0.1) is 24.0 Å². The van der Waals surface area contributed by atoms with Crippen LogP contribution in [0.15, 0.2) is 35.3 Å². The zero-order valence-corrected chi connectivity index (χ0v) is 18.7. The highest BCUT2D eigenvalue weighted by Gasteiger charge is 2.10. The Bertz CT molecular complexity index is 757. The van der Waals surface area contributed by atoms with Crippen LogP contribution in [0.3, 0.4) is 0 Å². The summed E-state index contributed by atoms with van der Waals surface area (Å²) in [5.74, 6) is 0.531. The van der Waals surface area contributed by atoms with Gasteiger partial charge in [0.1, 0.15) is 0 Å². The van der Waals surface area contributed by atoms with E-state index in [0.29, 0.717) is 19.0 Å². The minimum atomic E-state index is -0.0578. The third kappa shape index (κ3) is 7.20. The van der Waals surface area contributed by atoms with Crippen LogP contribution in [0.4, 0.5) is 0 Å². The van der Waals surface area contributed by atoms with Crippen LogP contribution in [-0.4, -0.2) is 41.8 Å². The topological polar surface area (TPSA) is 83.3 Å². The Labute approximate surface area is 178 Å². The molecular weight excluding hydrogens is 455 g/mol. The van der Waals surface area contributed by atoms with Gasteiger partial charge in [-0.1, -0.05) is 30.3 Å². The van der Waals surface area contributed by atoms with Crippen LogP contribution < -0.4 is 16.0 Å². The Balaban J connectivity index is 0.00000364. The van der Waals surface area contributed by atoms with Crippen molar-refractivity contribution in [3.8, 4) is 0 Å². The molecule has 0 aliphatic rings. The molecule has 0 fully saturated rings. The number of hydrogen-bond donors (Lipinski definition) is 3. The lowest BCUT2D eigenvalue weighted by atomic mass is 10.1. The molecule has 1 aromatic heterocycles. The molecule has 0 saturated heterocycles. The lowest BCUT2D eigenvalue weighted by molar-refractivity contribution is -0.119. The highest BCUT2D eigenvalue weighted by molar-refractivity contribution is 14.0. The van der Waals surface area contributed by atoms with Crippen LogP contribution in [0.1, 0.15) is 22.5 Å². The molecule has 0 bridgehead atoms. The second kappa shape index (κ2) is 11.6. The van der Waals surface area contributed by atoms with Crippen molar-refractivity contribution in [2.75, 3.05) is 20.1 Å². The van der Waals surface area contributed by atoms with Gasteiger partial charge in [-0.3, -0.25) is 14.5 Å². The Kier molecular flexibility index (Phi) is 9.84. The summed E-state index contributed by atoms with van der Waals surface area (Å²) < 4.78 is 1.86. The third-order valence-corrected chi connectivity index (χ3v) is 4.31. The van der Waals surface area contributed by atoms with Gasteiger partial charge in [-0.2, -0.15) is 5.10 Å². The normalized spacial score (nSPS) is 10.9. The van der Waals surface area contributed by atoms with Crippen LogP contribution in [0.5, 0.6) is 0 Å². The van der Waals surface area contributed by atoms with Gasteiger partial charge in [-0.05, 0) is 25.8 Å². The number of benzene rings is 1. The zero-order chi connectivity index (χ0) is 18.9.